The molecule has 0 aliphatic rings. The predicted octanol–water partition coefficient (Wildman–Crippen LogP) is 2.76. The molecule has 1 rings (SSSR count). The van der Waals surface area contributed by atoms with Crippen LogP contribution in [0.5, 0.6) is 0 Å². The summed E-state index contributed by atoms with van der Waals surface area (Å²) < 4.78 is 0. The van der Waals surface area contributed by atoms with Crippen LogP contribution in [0.15, 0.2) is 30.3 Å². The Hall–Kier alpha value is -2.04. The van der Waals surface area contributed by atoms with Crippen molar-refractivity contribution in [2.24, 2.45) is 0 Å². The van der Waals surface area contributed by atoms with Crippen LogP contribution in [0.4, 0.5) is 0 Å². The van der Waals surface area contributed by atoms with Crippen molar-refractivity contribution < 1.29 is 14.5 Å². The van der Waals surface area contributed by atoms with Crippen molar-refractivity contribution in [2.75, 3.05) is 0 Å². The number of hydrogen-bond acceptors (Lipinski definition) is 4. The molecule has 5 heteroatoms. The fourth-order valence-electron chi connectivity index (χ4n) is 2.29. The number of carbonyl (C=O) groups is 2. The summed E-state index contributed by atoms with van der Waals surface area (Å²) in [4.78, 5) is 33.4. The largest absolute Gasteiger partial charge is 0.300 e. The Morgan fingerprint density at radius 1 is 1.15 bits per heavy atom. The number of rotatable bonds is 8. The second kappa shape index (κ2) is 7.53. The first-order valence-corrected chi connectivity index (χ1v) is 6.59. The van der Waals surface area contributed by atoms with Gasteiger partial charge in [0, 0.05) is 24.2 Å². The Bertz CT molecular complexity index is 484. The summed E-state index contributed by atoms with van der Waals surface area (Å²) in [7, 11) is 0. The normalized spacial score (nSPS) is 13.5. The standard InChI is InChI=1S/C15H19NO4/c1-11(17)8-9-15(16(19)20)14(10-12(2)18)13-6-4-3-5-7-13/h3-7,14-15H,8-10H2,1-2H3/t14-,15+/m0/s1. The van der Waals surface area contributed by atoms with Gasteiger partial charge in [-0.3, -0.25) is 10.1 Å². The molecule has 108 valence electrons. The minimum absolute atomic E-state index is 0.0773. The van der Waals surface area contributed by atoms with Gasteiger partial charge < -0.3 is 9.59 Å². The van der Waals surface area contributed by atoms with E-state index in [1.807, 2.05) is 6.07 Å². The van der Waals surface area contributed by atoms with Gasteiger partial charge in [-0.05, 0) is 19.4 Å². The summed E-state index contributed by atoms with van der Waals surface area (Å²) in [6.45, 7) is 2.84. The van der Waals surface area contributed by atoms with E-state index in [9.17, 15) is 19.7 Å². The van der Waals surface area contributed by atoms with Gasteiger partial charge in [-0.1, -0.05) is 30.3 Å². The smallest absolute Gasteiger partial charge is 0.220 e. The van der Waals surface area contributed by atoms with E-state index in [4.69, 9.17) is 0 Å². The van der Waals surface area contributed by atoms with E-state index in [0.29, 0.717) is 0 Å². The second-order valence-electron chi connectivity index (χ2n) is 5.02. The average molecular weight is 277 g/mol. The third-order valence-electron chi connectivity index (χ3n) is 3.26. The first kappa shape index (κ1) is 16.0. The lowest BCUT2D eigenvalue weighted by atomic mass is 9.85. The van der Waals surface area contributed by atoms with Crippen LogP contribution in [0.1, 0.15) is 44.6 Å². The van der Waals surface area contributed by atoms with Crippen molar-refractivity contribution in [3.8, 4) is 0 Å². The van der Waals surface area contributed by atoms with E-state index < -0.39 is 12.0 Å². The lowest BCUT2D eigenvalue weighted by Crippen LogP contribution is -2.29. The maximum atomic E-state index is 11.4. The average Bonchev–Trinajstić information content (AvgIpc) is 2.37. The van der Waals surface area contributed by atoms with Crippen molar-refractivity contribution in [2.45, 2.75) is 45.1 Å². The number of nitro groups is 1. The van der Waals surface area contributed by atoms with Gasteiger partial charge in [0.25, 0.3) is 0 Å². The highest BCUT2D eigenvalue weighted by Crippen LogP contribution is 2.28. The minimum atomic E-state index is -0.912. The minimum Gasteiger partial charge on any atom is -0.300 e. The molecule has 1 aromatic rings. The van der Waals surface area contributed by atoms with E-state index in [1.165, 1.54) is 13.8 Å². The molecule has 0 unspecified atom stereocenters. The highest BCUT2D eigenvalue weighted by molar-refractivity contribution is 5.77. The number of hydrogen-bond donors (Lipinski definition) is 0. The van der Waals surface area contributed by atoms with E-state index in [0.717, 1.165) is 5.56 Å². The fraction of sp³-hybridized carbons (Fsp3) is 0.467. The van der Waals surface area contributed by atoms with Crippen molar-refractivity contribution in [1.29, 1.82) is 0 Å². The summed E-state index contributed by atoms with van der Waals surface area (Å²) in [5.41, 5.74) is 0.771. The number of Topliss-reactive ketones (excluding diaryl/α,β-unsaturated/α-hetero) is 2. The van der Waals surface area contributed by atoms with Gasteiger partial charge in [-0.2, -0.15) is 0 Å². The molecule has 0 amide bonds. The molecule has 5 nitrogen and oxygen atoms in total. The summed E-state index contributed by atoms with van der Waals surface area (Å²) in [6.07, 6.45) is 0.440. The number of ketones is 2. The third kappa shape index (κ3) is 4.91. The van der Waals surface area contributed by atoms with Crippen LogP contribution in [0.3, 0.4) is 0 Å². The van der Waals surface area contributed by atoms with Crippen LogP contribution < -0.4 is 0 Å². The lowest BCUT2D eigenvalue weighted by molar-refractivity contribution is -0.527. The van der Waals surface area contributed by atoms with Crippen molar-refractivity contribution in [3.63, 3.8) is 0 Å². The molecule has 0 aliphatic carbocycles. The highest BCUT2D eigenvalue weighted by Gasteiger charge is 2.33. The van der Waals surface area contributed by atoms with Gasteiger partial charge in [-0.15, -0.1) is 0 Å². The zero-order valence-corrected chi connectivity index (χ0v) is 11.7. The maximum absolute atomic E-state index is 11.4. The molecule has 0 radical (unpaired) electrons. The van der Waals surface area contributed by atoms with E-state index in [-0.39, 0.29) is 35.8 Å². The molecule has 0 spiro atoms. The topological polar surface area (TPSA) is 77.3 Å². The number of benzene rings is 1. The molecule has 0 saturated heterocycles. The first-order chi connectivity index (χ1) is 9.41. The van der Waals surface area contributed by atoms with Gasteiger partial charge >= 0.3 is 0 Å². The predicted molar refractivity (Wildman–Crippen MR) is 75.2 cm³/mol. The molecule has 0 saturated carbocycles. The molecule has 2 atom stereocenters. The highest BCUT2D eigenvalue weighted by atomic mass is 16.6. The summed E-state index contributed by atoms with van der Waals surface area (Å²) in [5, 5.41) is 11.3. The first-order valence-electron chi connectivity index (χ1n) is 6.59. The molecule has 0 heterocycles. The molecule has 0 aromatic heterocycles. The van der Waals surface area contributed by atoms with Gasteiger partial charge in [0.1, 0.15) is 11.6 Å². The Morgan fingerprint density at radius 2 is 1.75 bits per heavy atom. The van der Waals surface area contributed by atoms with Crippen molar-refractivity contribution in [3.05, 3.63) is 46.0 Å². The molecular formula is C15H19NO4. The lowest BCUT2D eigenvalue weighted by Gasteiger charge is -2.20. The van der Waals surface area contributed by atoms with E-state index in [1.54, 1.807) is 24.3 Å². The monoisotopic (exact) mass is 277 g/mol. The Labute approximate surface area is 118 Å². The van der Waals surface area contributed by atoms with Crippen LogP contribution >= 0.6 is 0 Å². The van der Waals surface area contributed by atoms with E-state index >= 15 is 0 Å². The molecule has 1 aromatic carbocycles. The molecule has 0 N–H and O–H groups in total. The molecular weight excluding hydrogens is 258 g/mol. The summed E-state index contributed by atoms with van der Waals surface area (Å²) in [6, 6.07) is 8.08. The quantitative estimate of drug-likeness (QED) is 0.540. The number of nitrogens with zero attached hydrogens (tertiary/aromatic N) is 1. The van der Waals surface area contributed by atoms with Gasteiger partial charge in [0.2, 0.25) is 6.04 Å². The SMILES string of the molecule is CC(=O)CC[C@H]([C@@H](CC(C)=O)c1ccccc1)[N+](=O)[O-]. The molecule has 0 fully saturated rings. The second-order valence-corrected chi connectivity index (χ2v) is 5.02. The zero-order valence-electron chi connectivity index (χ0n) is 11.7. The van der Waals surface area contributed by atoms with Gasteiger partial charge in [0.15, 0.2) is 0 Å². The third-order valence-corrected chi connectivity index (χ3v) is 3.26. The number of carbonyl (C=O) groups excluding carboxylic acids is 2. The van der Waals surface area contributed by atoms with Crippen LogP contribution in [-0.4, -0.2) is 22.5 Å². The zero-order chi connectivity index (χ0) is 15.1. The maximum Gasteiger partial charge on any atom is 0.220 e. The summed E-state index contributed by atoms with van der Waals surface area (Å²) in [5.74, 6) is -0.650. The fourth-order valence-corrected chi connectivity index (χ4v) is 2.29. The molecule has 20 heavy (non-hydrogen) atoms. The summed E-state index contributed by atoms with van der Waals surface area (Å²) >= 11 is 0. The van der Waals surface area contributed by atoms with Crippen LogP contribution in [0.2, 0.25) is 0 Å². The molecule has 0 aliphatic heterocycles. The van der Waals surface area contributed by atoms with Gasteiger partial charge in [-0.25, -0.2) is 0 Å². The van der Waals surface area contributed by atoms with E-state index in [2.05, 4.69) is 0 Å². The van der Waals surface area contributed by atoms with Crippen LogP contribution in [0.25, 0.3) is 0 Å². The Balaban J connectivity index is 3.01. The Kier molecular flexibility index (Phi) is 6.03. The van der Waals surface area contributed by atoms with Gasteiger partial charge in [0.05, 0.1) is 5.92 Å². The van der Waals surface area contributed by atoms with Crippen LogP contribution in [0, 0.1) is 10.1 Å². The Morgan fingerprint density at radius 3 is 2.20 bits per heavy atom. The molecule has 0 bridgehead atoms. The van der Waals surface area contributed by atoms with Crippen molar-refractivity contribution >= 4 is 11.6 Å². The van der Waals surface area contributed by atoms with Crippen LogP contribution in [-0.2, 0) is 9.59 Å². The van der Waals surface area contributed by atoms with Crippen molar-refractivity contribution in [1.82, 2.24) is 0 Å².